The number of hydrogen-bond donors (Lipinski definition) is 1. The SMILES string of the molecule is CC(=O)N1Cc2ccnn2CC(C(=O)O)C1. The zero-order valence-electron chi connectivity index (χ0n) is 8.96. The van der Waals surface area contributed by atoms with Gasteiger partial charge >= 0.3 is 5.97 Å². The number of carboxylic acids is 1. The van der Waals surface area contributed by atoms with Crippen LogP contribution in [0.15, 0.2) is 12.3 Å². The van der Waals surface area contributed by atoms with Gasteiger partial charge in [-0.25, -0.2) is 0 Å². The summed E-state index contributed by atoms with van der Waals surface area (Å²) in [5.41, 5.74) is 0.874. The van der Waals surface area contributed by atoms with Gasteiger partial charge in [0, 0.05) is 19.7 Å². The Balaban J connectivity index is 2.30. The molecule has 1 unspecified atom stereocenters. The van der Waals surface area contributed by atoms with E-state index in [0.29, 0.717) is 13.1 Å². The summed E-state index contributed by atoms with van der Waals surface area (Å²) in [6, 6.07) is 1.81. The van der Waals surface area contributed by atoms with Crippen molar-refractivity contribution in [3.05, 3.63) is 18.0 Å². The molecule has 1 aliphatic rings. The number of fused-ring (bicyclic) bond motifs is 1. The van der Waals surface area contributed by atoms with Gasteiger partial charge in [-0.05, 0) is 6.07 Å². The maximum absolute atomic E-state index is 11.4. The summed E-state index contributed by atoms with van der Waals surface area (Å²) in [7, 11) is 0. The van der Waals surface area contributed by atoms with Gasteiger partial charge in [0.25, 0.3) is 0 Å². The standard InChI is InChI=1S/C10H13N3O3/c1-7(14)12-4-8(10(15)16)5-13-9(6-12)2-3-11-13/h2-3,8H,4-6H2,1H3,(H,15,16). The summed E-state index contributed by atoms with van der Waals surface area (Å²) in [6.45, 7) is 2.44. The molecule has 2 heterocycles. The topological polar surface area (TPSA) is 75.4 Å². The summed E-state index contributed by atoms with van der Waals surface area (Å²) in [5, 5.41) is 13.1. The van der Waals surface area contributed by atoms with Gasteiger partial charge in [0.2, 0.25) is 5.91 Å². The normalized spacial score (nSPS) is 20.1. The maximum atomic E-state index is 11.4. The first kappa shape index (κ1) is 10.7. The van der Waals surface area contributed by atoms with Crippen molar-refractivity contribution < 1.29 is 14.7 Å². The van der Waals surface area contributed by atoms with Gasteiger partial charge in [0.15, 0.2) is 0 Å². The summed E-state index contributed by atoms with van der Waals surface area (Å²) < 4.78 is 1.65. The van der Waals surface area contributed by atoms with Crippen LogP contribution in [0.2, 0.25) is 0 Å². The maximum Gasteiger partial charge on any atom is 0.310 e. The fraction of sp³-hybridized carbons (Fsp3) is 0.500. The van der Waals surface area contributed by atoms with Crippen molar-refractivity contribution in [1.82, 2.24) is 14.7 Å². The van der Waals surface area contributed by atoms with Gasteiger partial charge in [0.1, 0.15) is 0 Å². The molecule has 0 spiro atoms. The first-order chi connectivity index (χ1) is 7.58. The Bertz CT molecular complexity index is 390. The fourth-order valence-corrected chi connectivity index (χ4v) is 1.85. The molecule has 0 aromatic carbocycles. The highest BCUT2D eigenvalue weighted by molar-refractivity contribution is 5.75. The molecule has 1 aromatic rings. The molecular weight excluding hydrogens is 210 g/mol. The lowest BCUT2D eigenvalue weighted by Gasteiger charge is -2.20. The van der Waals surface area contributed by atoms with Crippen molar-refractivity contribution in [2.24, 2.45) is 5.92 Å². The lowest BCUT2D eigenvalue weighted by atomic mass is 10.1. The summed E-state index contributed by atoms with van der Waals surface area (Å²) in [4.78, 5) is 23.9. The van der Waals surface area contributed by atoms with E-state index in [1.54, 1.807) is 21.8 Å². The van der Waals surface area contributed by atoms with E-state index in [1.165, 1.54) is 6.92 Å². The Kier molecular flexibility index (Phi) is 2.64. The second-order valence-corrected chi connectivity index (χ2v) is 3.94. The minimum Gasteiger partial charge on any atom is -0.481 e. The molecule has 2 rings (SSSR count). The van der Waals surface area contributed by atoms with Crippen molar-refractivity contribution in [2.75, 3.05) is 6.54 Å². The smallest absolute Gasteiger partial charge is 0.310 e. The Morgan fingerprint density at radius 1 is 1.50 bits per heavy atom. The van der Waals surface area contributed by atoms with Crippen molar-refractivity contribution in [3.8, 4) is 0 Å². The van der Waals surface area contributed by atoms with Crippen LogP contribution in [0, 0.1) is 5.92 Å². The molecule has 0 fully saturated rings. The van der Waals surface area contributed by atoms with Crippen LogP contribution in [-0.2, 0) is 22.7 Å². The van der Waals surface area contributed by atoms with Crippen molar-refractivity contribution in [2.45, 2.75) is 20.0 Å². The minimum absolute atomic E-state index is 0.110. The molecule has 0 saturated carbocycles. The molecule has 0 aliphatic carbocycles. The molecule has 1 amide bonds. The summed E-state index contributed by atoms with van der Waals surface area (Å²) >= 11 is 0. The third-order valence-electron chi connectivity index (χ3n) is 2.79. The Labute approximate surface area is 92.5 Å². The van der Waals surface area contributed by atoms with Crippen LogP contribution in [0.25, 0.3) is 0 Å². The first-order valence-electron chi connectivity index (χ1n) is 5.07. The molecule has 1 aromatic heterocycles. The predicted octanol–water partition coefficient (Wildman–Crippen LogP) is -0.0540. The van der Waals surface area contributed by atoms with Crippen LogP contribution in [0.3, 0.4) is 0 Å². The quantitative estimate of drug-likeness (QED) is 0.724. The number of rotatable bonds is 1. The summed E-state index contributed by atoms with van der Waals surface area (Å²) in [5.74, 6) is -1.60. The highest BCUT2D eigenvalue weighted by Crippen LogP contribution is 2.15. The number of amides is 1. The molecule has 6 nitrogen and oxygen atoms in total. The molecule has 1 N–H and O–H groups in total. The van der Waals surface area contributed by atoms with Crippen LogP contribution in [0.5, 0.6) is 0 Å². The fourth-order valence-electron chi connectivity index (χ4n) is 1.85. The van der Waals surface area contributed by atoms with Crippen molar-refractivity contribution in [1.29, 1.82) is 0 Å². The number of nitrogens with zero attached hydrogens (tertiary/aromatic N) is 3. The van der Waals surface area contributed by atoms with Crippen LogP contribution in [0.4, 0.5) is 0 Å². The van der Waals surface area contributed by atoms with E-state index in [2.05, 4.69) is 5.10 Å². The Hall–Kier alpha value is -1.85. The highest BCUT2D eigenvalue weighted by Gasteiger charge is 2.28. The molecule has 16 heavy (non-hydrogen) atoms. The van der Waals surface area contributed by atoms with Gasteiger partial charge in [-0.1, -0.05) is 0 Å². The van der Waals surface area contributed by atoms with E-state index in [9.17, 15) is 9.59 Å². The monoisotopic (exact) mass is 223 g/mol. The average molecular weight is 223 g/mol. The second-order valence-electron chi connectivity index (χ2n) is 3.94. The van der Waals surface area contributed by atoms with E-state index in [0.717, 1.165) is 5.69 Å². The molecule has 0 radical (unpaired) electrons. The van der Waals surface area contributed by atoms with Crippen molar-refractivity contribution in [3.63, 3.8) is 0 Å². The molecular formula is C10H13N3O3. The van der Waals surface area contributed by atoms with E-state index in [1.807, 2.05) is 0 Å². The van der Waals surface area contributed by atoms with Gasteiger partial charge < -0.3 is 10.0 Å². The van der Waals surface area contributed by atoms with E-state index in [4.69, 9.17) is 5.11 Å². The number of carbonyl (C=O) groups excluding carboxylic acids is 1. The number of aromatic nitrogens is 2. The molecule has 1 aliphatic heterocycles. The van der Waals surface area contributed by atoms with Crippen LogP contribution < -0.4 is 0 Å². The largest absolute Gasteiger partial charge is 0.481 e. The third kappa shape index (κ3) is 1.91. The van der Waals surface area contributed by atoms with Crippen LogP contribution >= 0.6 is 0 Å². The number of aliphatic carboxylic acids is 1. The van der Waals surface area contributed by atoms with E-state index in [-0.39, 0.29) is 12.5 Å². The Morgan fingerprint density at radius 2 is 2.25 bits per heavy atom. The van der Waals surface area contributed by atoms with Gasteiger partial charge in [-0.15, -0.1) is 0 Å². The van der Waals surface area contributed by atoms with Gasteiger partial charge in [0.05, 0.1) is 24.7 Å². The molecule has 86 valence electrons. The van der Waals surface area contributed by atoms with E-state index < -0.39 is 11.9 Å². The number of hydrogen-bond acceptors (Lipinski definition) is 3. The highest BCUT2D eigenvalue weighted by atomic mass is 16.4. The molecule has 0 bridgehead atoms. The van der Waals surface area contributed by atoms with E-state index >= 15 is 0 Å². The lowest BCUT2D eigenvalue weighted by molar-refractivity contribution is -0.143. The van der Waals surface area contributed by atoms with Crippen molar-refractivity contribution >= 4 is 11.9 Å². The predicted molar refractivity (Wildman–Crippen MR) is 54.4 cm³/mol. The lowest BCUT2D eigenvalue weighted by Crippen LogP contribution is -2.35. The minimum atomic E-state index is -0.894. The molecule has 0 saturated heterocycles. The molecule has 1 atom stereocenters. The number of carbonyl (C=O) groups is 2. The summed E-state index contributed by atoms with van der Waals surface area (Å²) in [6.07, 6.45) is 1.62. The third-order valence-corrected chi connectivity index (χ3v) is 2.79. The van der Waals surface area contributed by atoms with Crippen LogP contribution in [0.1, 0.15) is 12.6 Å². The number of carboxylic acid groups (broad SMARTS) is 1. The van der Waals surface area contributed by atoms with Crippen LogP contribution in [-0.4, -0.2) is 38.2 Å². The average Bonchev–Trinajstić information content (AvgIpc) is 2.55. The zero-order valence-corrected chi connectivity index (χ0v) is 8.96. The Morgan fingerprint density at radius 3 is 2.88 bits per heavy atom. The zero-order chi connectivity index (χ0) is 11.7. The van der Waals surface area contributed by atoms with Gasteiger partial charge in [-0.3, -0.25) is 14.3 Å². The van der Waals surface area contributed by atoms with Gasteiger partial charge in [-0.2, -0.15) is 5.10 Å². The first-order valence-corrected chi connectivity index (χ1v) is 5.07. The molecule has 6 heteroatoms. The second kappa shape index (κ2) is 3.96.